The van der Waals surface area contributed by atoms with Crippen LogP contribution in [0, 0.1) is 0 Å². The van der Waals surface area contributed by atoms with E-state index >= 15 is 0 Å². The molecule has 0 aliphatic rings. The second-order valence-corrected chi connectivity index (χ2v) is 12.4. The molecule has 0 radical (unpaired) electrons. The van der Waals surface area contributed by atoms with E-state index in [1.54, 1.807) is 42.7 Å². The number of aliphatic hydroxyl groups excluding tert-OH is 1. The van der Waals surface area contributed by atoms with Crippen LogP contribution in [0.15, 0.2) is 91.3 Å². The Bertz CT molecular complexity index is 1680. The summed E-state index contributed by atoms with van der Waals surface area (Å²) in [5.74, 6) is -2.20. The normalized spacial score (nSPS) is 13.2. The summed E-state index contributed by atoms with van der Waals surface area (Å²) < 4.78 is 0. The third-order valence-electron chi connectivity index (χ3n) is 7.25. The van der Waals surface area contributed by atoms with E-state index in [0.29, 0.717) is 5.52 Å². The van der Waals surface area contributed by atoms with Crippen LogP contribution >= 0.6 is 0 Å². The second kappa shape index (κ2) is 15.8. The molecule has 0 unspecified atom stereocenters. The van der Waals surface area contributed by atoms with E-state index in [1.165, 1.54) is 11.0 Å². The summed E-state index contributed by atoms with van der Waals surface area (Å²) in [6.07, 6.45) is 1.69. The Morgan fingerprint density at radius 1 is 0.872 bits per heavy atom. The van der Waals surface area contributed by atoms with Crippen molar-refractivity contribution in [1.29, 1.82) is 0 Å². The summed E-state index contributed by atoms with van der Waals surface area (Å²) >= 11 is 0. The van der Waals surface area contributed by atoms with Crippen LogP contribution in [0.5, 0.6) is 0 Å². The Morgan fingerprint density at radius 2 is 1.55 bits per heavy atom. The molecule has 3 atom stereocenters. The third kappa shape index (κ3) is 10.6. The van der Waals surface area contributed by atoms with Gasteiger partial charge in [0.2, 0.25) is 11.8 Å². The van der Waals surface area contributed by atoms with Gasteiger partial charge >= 0.3 is 6.03 Å². The monoisotopic (exact) mass is 639 g/mol. The van der Waals surface area contributed by atoms with Crippen molar-refractivity contribution in [3.63, 3.8) is 0 Å². The van der Waals surface area contributed by atoms with E-state index in [9.17, 15) is 24.3 Å². The highest BCUT2D eigenvalue weighted by molar-refractivity contribution is 5.99. The molecule has 12 nitrogen and oxygen atoms in total. The Morgan fingerprint density at radius 3 is 2.23 bits per heavy atom. The van der Waals surface area contributed by atoms with E-state index in [-0.39, 0.29) is 25.2 Å². The van der Waals surface area contributed by atoms with Gasteiger partial charge in [0.05, 0.1) is 30.6 Å². The van der Waals surface area contributed by atoms with Crippen molar-refractivity contribution >= 4 is 34.7 Å². The van der Waals surface area contributed by atoms with Crippen LogP contribution in [0.3, 0.4) is 0 Å². The van der Waals surface area contributed by atoms with Crippen LogP contribution < -0.4 is 21.7 Å². The van der Waals surface area contributed by atoms with Gasteiger partial charge in [-0.1, -0.05) is 54.6 Å². The zero-order chi connectivity index (χ0) is 34.0. The highest BCUT2D eigenvalue weighted by atomic mass is 16.3. The van der Waals surface area contributed by atoms with Gasteiger partial charge < -0.3 is 31.7 Å². The average Bonchev–Trinajstić information content (AvgIpc) is 3.03. The summed E-state index contributed by atoms with van der Waals surface area (Å²) in [4.78, 5) is 62.1. The van der Waals surface area contributed by atoms with Crippen LogP contribution in [-0.2, 0) is 22.6 Å². The van der Waals surface area contributed by atoms with Gasteiger partial charge in [-0.25, -0.2) is 9.78 Å². The zero-order valence-corrected chi connectivity index (χ0v) is 26.7. The van der Waals surface area contributed by atoms with E-state index in [2.05, 4.69) is 25.9 Å². The summed E-state index contributed by atoms with van der Waals surface area (Å²) in [5.41, 5.74) is 7.18. The lowest BCUT2D eigenvalue weighted by atomic mass is 9.99. The van der Waals surface area contributed by atoms with E-state index < -0.39 is 53.9 Å². The maximum atomic E-state index is 13.7. The number of amides is 5. The number of pyridine rings is 2. The highest BCUT2D eigenvalue weighted by Gasteiger charge is 2.31. The van der Waals surface area contributed by atoms with E-state index in [1.807, 2.05) is 63.2 Å². The van der Waals surface area contributed by atoms with Gasteiger partial charge in [-0.05, 0) is 62.6 Å². The average molecular weight is 640 g/mol. The molecule has 0 aliphatic carbocycles. The molecule has 47 heavy (non-hydrogen) atoms. The molecule has 4 rings (SSSR count). The van der Waals surface area contributed by atoms with Crippen LogP contribution in [0.4, 0.5) is 4.79 Å². The Labute approximate surface area is 273 Å². The van der Waals surface area contributed by atoms with E-state index in [0.717, 1.165) is 16.5 Å². The molecule has 12 heteroatoms. The lowest BCUT2D eigenvalue weighted by Crippen LogP contribution is -2.57. The predicted octanol–water partition coefficient (Wildman–Crippen LogP) is 2.70. The Kier molecular flexibility index (Phi) is 11.6. The summed E-state index contributed by atoms with van der Waals surface area (Å²) in [6, 6.07) is 20.6. The molecule has 2 heterocycles. The van der Waals surface area contributed by atoms with Gasteiger partial charge in [0.1, 0.15) is 11.7 Å². The minimum Gasteiger partial charge on any atom is -0.389 e. The molecule has 4 aromatic rings. The fourth-order valence-electron chi connectivity index (χ4n) is 4.95. The molecule has 2 aromatic carbocycles. The SMILES string of the molecule is CC(C)(C)NC(=O)N(Cc1ccncc1)C[C@H](O)[C@H](Cc1ccccc1)NC(=O)[C@H](CC(N)=O)NC(=O)c1ccc2ccccc2n1. The van der Waals surface area contributed by atoms with Crippen molar-refractivity contribution in [2.75, 3.05) is 6.54 Å². The van der Waals surface area contributed by atoms with Crippen molar-refractivity contribution in [2.45, 2.75) is 63.9 Å². The molecular formula is C35H41N7O5. The molecule has 0 aliphatic heterocycles. The number of nitrogens with zero attached hydrogens (tertiary/aromatic N) is 3. The van der Waals surface area contributed by atoms with Gasteiger partial charge in [0.25, 0.3) is 5.91 Å². The lowest BCUT2D eigenvalue weighted by molar-refractivity contribution is -0.128. The van der Waals surface area contributed by atoms with E-state index in [4.69, 9.17) is 5.73 Å². The fourth-order valence-corrected chi connectivity index (χ4v) is 4.95. The van der Waals surface area contributed by atoms with Crippen molar-refractivity contribution in [3.05, 3.63) is 108 Å². The second-order valence-electron chi connectivity index (χ2n) is 12.4. The van der Waals surface area contributed by atoms with Gasteiger partial charge in [0, 0.05) is 29.9 Å². The molecule has 6 N–H and O–H groups in total. The number of primary amides is 1. The van der Waals surface area contributed by atoms with Crippen molar-refractivity contribution in [3.8, 4) is 0 Å². The van der Waals surface area contributed by atoms with Gasteiger partial charge in [-0.3, -0.25) is 19.4 Å². The van der Waals surface area contributed by atoms with Gasteiger partial charge in [-0.15, -0.1) is 0 Å². The van der Waals surface area contributed by atoms with Crippen LogP contribution in [-0.4, -0.2) is 74.0 Å². The molecule has 0 fully saturated rings. The number of carbonyl (C=O) groups is 4. The predicted molar refractivity (Wildman–Crippen MR) is 178 cm³/mol. The quantitative estimate of drug-likeness (QED) is 0.149. The smallest absolute Gasteiger partial charge is 0.318 e. The standard InChI is InChI=1S/C35H41N7O5/c1-35(2,3)41-34(47)42(21-24-15-17-37-18-16-24)22-30(43)28(19-23-9-5-4-6-10-23)39-33(46)29(20-31(36)44)40-32(45)27-14-13-25-11-7-8-12-26(25)38-27/h4-18,28-30,43H,19-22H2,1-3H3,(H2,36,44)(H,39,46)(H,40,45)(H,41,47)/t28-,29-,30-/m0/s1. The molecule has 246 valence electrons. The molecular weight excluding hydrogens is 598 g/mol. The number of hydrogen-bond donors (Lipinski definition) is 5. The van der Waals surface area contributed by atoms with Gasteiger partial charge in [-0.2, -0.15) is 0 Å². The first kappa shape index (κ1) is 34.5. The van der Waals surface area contributed by atoms with Crippen molar-refractivity contribution in [1.82, 2.24) is 30.8 Å². The first-order chi connectivity index (χ1) is 22.4. The largest absolute Gasteiger partial charge is 0.389 e. The number of carbonyl (C=O) groups excluding carboxylic acids is 4. The molecule has 0 spiro atoms. The molecule has 2 aromatic heterocycles. The summed E-state index contributed by atoms with van der Waals surface area (Å²) in [7, 11) is 0. The van der Waals surface area contributed by atoms with Crippen molar-refractivity contribution < 1.29 is 24.3 Å². The summed E-state index contributed by atoms with van der Waals surface area (Å²) in [6.45, 7) is 5.59. The number of aliphatic hydroxyl groups is 1. The number of hydrogen-bond acceptors (Lipinski definition) is 7. The number of benzene rings is 2. The first-order valence-corrected chi connectivity index (χ1v) is 15.3. The topological polar surface area (TPSA) is 180 Å². The fraction of sp³-hybridized carbons (Fsp3) is 0.314. The van der Waals surface area contributed by atoms with Crippen LogP contribution in [0.1, 0.15) is 48.8 Å². The van der Waals surface area contributed by atoms with Gasteiger partial charge in [0.15, 0.2) is 0 Å². The van der Waals surface area contributed by atoms with Crippen LogP contribution in [0.2, 0.25) is 0 Å². The molecule has 0 bridgehead atoms. The number of nitrogens with two attached hydrogens (primary N) is 1. The lowest BCUT2D eigenvalue weighted by Gasteiger charge is -2.33. The minimum absolute atomic E-state index is 0.0588. The maximum absolute atomic E-state index is 13.7. The highest BCUT2D eigenvalue weighted by Crippen LogP contribution is 2.14. The minimum atomic E-state index is -1.35. The maximum Gasteiger partial charge on any atom is 0.318 e. The molecule has 0 saturated heterocycles. The number of nitrogens with one attached hydrogen (secondary N) is 3. The number of para-hydroxylation sites is 1. The summed E-state index contributed by atoms with van der Waals surface area (Å²) in [5, 5.41) is 20.8. The number of rotatable bonds is 13. The number of fused-ring (bicyclic) bond motifs is 1. The Hall–Kier alpha value is -5.36. The Balaban J connectivity index is 1.56. The third-order valence-corrected chi connectivity index (χ3v) is 7.25. The van der Waals surface area contributed by atoms with Crippen LogP contribution in [0.25, 0.3) is 10.9 Å². The molecule has 0 saturated carbocycles. The molecule has 5 amide bonds. The van der Waals surface area contributed by atoms with Crippen molar-refractivity contribution in [2.24, 2.45) is 5.73 Å². The number of aromatic nitrogens is 2. The first-order valence-electron chi connectivity index (χ1n) is 15.3. The number of urea groups is 1. The zero-order valence-electron chi connectivity index (χ0n) is 26.7.